The fourth-order valence-electron chi connectivity index (χ4n) is 3.22. The normalized spacial score (nSPS) is 13.8. The Labute approximate surface area is 159 Å². The van der Waals surface area contributed by atoms with Crippen molar-refractivity contribution in [3.63, 3.8) is 0 Å². The lowest BCUT2D eigenvalue weighted by Crippen LogP contribution is -2.29. The van der Waals surface area contributed by atoms with Gasteiger partial charge in [0.1, 0.15) is 0 Å². The van der Waals surface area contributed by atoms with Crippen LogP contribution < -0.4 is 0 Å². The average molecular weight is 381 g/mol. The topological polar surface area (TPSA) is 37.4 Å². The Morgan fingerprint density at radius 3 is 1.61 bits per heavy atom. The summed E-state index contributed by atoms with van der Waals surface area (Å²) in [5, 5.41) is 0. The van der Waals surface area contributed by atoms with Crippen molar-refractivity contribution in [3.8, 4) is 11.1 Å². The molecule has 1 heterocycles. The second-order valence-corrected chi connectivity index (χ2v) is 6.51. The second kappa shape index (κ2) is 6.64. The van der Waals surface area contributed by atoms with Gasteiger partial charge >= 0.3 is 6.18 Å². The van der Waals surface area contributed by atoms with E-state index in [1.807, 2.05) is 0 Å². The number of hydrogen-bond acceptors (Lipinski definition) is 2. The van der Waals surface area contributed by atoms with Gasteiger partial charge in [0.25, 0.3) is 11.8 Å². The summed E-state index contributed by atoms with van der Waals surface area (Å²) in [5.74, 6) is -0.653. The van der Waals surface area contributed by atoms with E-state index in [4.69, 9.17) is 0 Å². The van der Waals surface area contributed by atoms with Crippen molar-refractivity contribution in [2.24, 2.45) is 0 Å². The van der Waals surface area contributed by atoms with E-state index < -0.39 is 11.7 Å². The van der Waals surface area contributed by atoms with Crippen LogP contribution in [0.1, 0.15) is 31.8 Å². The van der Waals surface area contributed by atoms with Crippen LogP contribution in [0, 0.1) is 0 Å². The number of halogens is 3. The molecule has 0 aliphatic carbocycles. The predicted octanol–water partition coefficient (Wildman–Crippen LogP) is 5.17. The van der Waals surface area contributed by atoms with Crippen LogP contribution in [0.4, 0.5) is 13.2 Å². The van der Waals surface area contributed by atoms with Crippen LogP contribution in [0.2, 0.25) is 0 Å². The SMILES string of the molecule is O=C1c2ccccc2C(=O)N1Cc1ccc(-c2ccc(C(F)(F)F)cc2)cc1. The largest absolute Gasteiger partial charge is 0.416 e. The number of hydrogen-bond donors (Lipinski definition) is 0. The number of alkyl halides is 3. The highest BCUT2D eigenvalue weighted by atomic mass is 19.4. The maximum absolute atomic E-state index is 12.7. The molecule has 4 rings (SSSR count). The third-order valence-corrected chi connectivity index (χ3v) is 4.72. The zero-order chi connectivity index (χ0) is 19.9. The van der Waals surface area contributed by atoms with Gasteiger partial charge in [0, 0.05) is 0 Å². The summed E-state index contributed by atoms with van der Waals surface area (Å²) in [6.07, 6.45) is -4.37. The molecule has 0 saturated heterocycles. The van der Waals surface area contributed by atoms with Crippen LogP contribution in [0.25, 0.3) is 11.1 Å². The monoisotopic (exact) mass is 381 g/mol. The summed E-state index contributed by atoms with van der Waals surface area (Å²) in [5.41, 5.74) is 2.26. The standard InChI is InChI=1S/C22H14F3NO2/c23-22(24,25)17-11-9-16(10-12-17)15-7-5-14(6-8-15)13-26-20(27)18-3-1-2-4-19(18)21(26)28/h1-12H,13H2. The van der Waals surface area contributed by atoms with Crippen molar-refractivity contribution >= 4 is 11.8 Å². The summed E-state index contributed by atoms with van der Waals surface area (Å²) < 4.78 is 38.0. The van der Waals surface area contributed by atoms with E-state index in [-0.39, 0.29) is 18.4 Å². The van der Waals surface area contributed by atoms with Gasteiger partial charge in [-0.2, -0.15) is 13.2 Å². The van der Waals surface area contributed by atoms with Gasteiger partial charge in [0.2, 0.25) is 0 Å². The molecular formula is C22H14F3NO2. The molecule has 0 unspecified atom stereocenters. The number of imide groups is 1. The van der Waals surface area contributed by atoms with Crippen molar-refractivity contribution in [1.82, 2.24) is 4.90 Å². The van der Waals surface area contributed by atoms with Crippen molar-refractivity contribution in [2.75, 3.05) is 0 Å². The number of carbonyl (C=O) groups is 2. The molecule has 0 spiro atoms. The maximum atomic E-state index is 12.7. The predicted molar refractivity (Wildman–Crippen MR) is 97.5 cm³/mol. The van der Waals surface area contributed by atoms with Crippen LogP contribution in [0.15, 0.2) is 72.8 Å². The molecule has 1 aliphatic heterocycles. The molecule has 3 nitrogen and oxygen atoms in total. The minimum atomic E-state index is -4.37. The molecule has 0 bridgehead atoms. The maximum Gasteiger partial charge on any atom is 0.416 e. The number of carbonyl (C=O) groups excluding carboxylic acids is 2. The van der Waals surface area contributed by atoms with Crippen molar-refractivity contribution < 1.29 is 22.8 Å². The Hall–Kier alpha value is -3.41. The van der Waals surface area contributed by atoms with Gasteiger partial charge < -0.3 is 0 Å². The third-order valence-electron chi connectivity index (χ3n) is 4.72. The van der Waals surface area contributed by atoms with Crippen LogP contribution in [0.5, 0.6) is 0 Å². The number of nitrogens with zero attached hydrogens (tertiary/aromatic N) is 1. The van der Waals surface area contributed by atoms with Gasteiger partial charge in [-0.1, -0.05) is 48.5 Å². The molecule has 28 heavy (non-hydrogen) atoms. The van der Waals surface area contributed by atoms with Crippen molar-refractivity contribution in [2.45, 2.75) is 12.7 Å². The molecule has 140 valence electrons. The van der Waals surface area contributed by atoms with E-state index in [9.17, 15) is 22.8 Å². The van der Waals surface area contributed by atoms with Crippen LogP contribution in [-0.2, 0) is 12.7 Å². The van der Waals surface area contributed by atoms with Crippen LogP contribution >= 0.6 is 0 Å². The lowest BCUT2D eigenvalue weighted by atomic mass is 10.0. The summed E-state index contributed by atoms with van der Waals surface area (Å²) >= 11 is 0. The lowest BCUT2D eigenvalue weighted by Gasteiger charge is -2.14. The van der Waals surface area contributed by atoms with Crippen LogP contribution in [-0.4, -0.2) is 16.7 Å². The van der Waals surface area contributed by atoms with E-state index in [0.717, 1.165) is 23.3 Å². The lowest BCUT2D eigenvalue weighted by molar-refractivity contribution is -0.137. The van der Waals surface area contributed by atoms with Gasteiger partial charge in [0.05, 0.1) is 23.2 Å². The molecule has 1 aliphatic rings. The fourth-order valence-corrected chi connectivity index (χ4v) is 3.22. The number of fused-ring (bicyclic) bond motifs is 1. The Kier molecular flexibility index (Phi) is 4.26. The Morgan fingerprint density at radius 1 is 0.679 bits per heavy atom. The molecule has 0 N–H and O–H groups in total. The Bertz CT molecular complexity index is 1020. The summed E-state index contributed by atoms with van der Waals surface area (Å²) in [4.78, 5) is 26.0. The smallest absolute Gasteiger partial charge is 0.270 e. The second-order valence-electron chi connectivity index (χ2n) is 6.51. The molecule has 6 heteroatoms. The first kappa shape index (κ1) is 18.0. The first-order chi connectivity index (χ1) is 13.3. The zero-order valence-electron chi connectivity index (χ0n) is 14.5. The molecule has 3 aromatic carbocycles. The minimum absolute atomic E-state index is 0.139. The quantitative estimate of drug-likeness (QED) is 0.587. The Balaban J connectivity index is 1.52. The van der Waals surface area contributed by atoms with E-state index in [1.165, 1.54) is 17.0 Å². The highest BCUT2D eigenvalue weighted by Gasteiger charge is 2.35. The molecule has 0 atom stereocenters. The van der Waals surface area contributed by atoms with E-state index >= 15 is 0 Å². The fraction of sp³-hybridized carbons (Fsp3) is 0.0909. The van der Waals surface area contributed by atoms with Gasteiger partial charge in [-0.15, -0.1) is 0 Å². The molecule has 3 aromatic rings. The molecule has 0 fully saturated rings. The highest BCUT2D eigenvalue weighted by Crippen LogP contribution is 2.31. The molecular weight excluding hydrogens is 367 g/mol. The number of amides is 2. The van der Waals surface area contributed by atoms with E-state index in [0.29, 0.717) is 16.7 Å². The summed E-state index contributed by atoms with van der Waals surface area (Å²) in [7, 11) is 0. The van der Waals surface area contributed by atoms with Gasteiger partial charge in [-0.3, -0.25) is 14.5 Å². The Morgan fingerprint density at radius 2 is 1.14 bits per heavy atom. The summed E-state index contributed by atoms with van der Waals surface area (Å²) in [6.45, 7) is 0.139. The van der Waals surface area contributed by atoms with Gasteiger partial charge in [-0.25, -0.2) is 0 Å². The number of benzene rings is 3. The molecule has 0 aromatic heterocycles. The zero-order valence-corrected chi connectivity index (χ0v) is 14.5. The highest BCUT2D eigenvalue weighted by molar-refractivity contribution is 6.21. The number of rotatable bonds is 3. The first-order valence-corrected chi connectivity index (χ1v) is 8.56. The van der Waals surface area contributed by atoms with E-state index in [1.54, 1.807) is 48.5 Å². The molecule has 2 amide bonds. The van der Waals surface area contributed by atoms with Crippen molar-refractivity contribution in [1.29, 1.82) is 0 Å². The minimum Gasteiger partial charge on any atom is -0.270 e. The van der Waals surface area contributed by atoms with Gasteiger partial charge in [0.15, 0.2) is 0 Å². The third kappa shape index (κ3) is 3.17. The van der Waals surface area contributed by atoms with E-state index in [2.05, 4.69) is 0 Å². The average Bonchev–Trinajstić information content (AvgIpc) is 2.93. The molecule has 0 radical (unpaired) electrons. The molecule has 0 saturated carbocycles. The summed E-state index contributed by atoms with van der Waals surface area (Å²) in [6, 6.07) is 18.7. The van der Waals surface area contributed by atoms with Gasteiger partial charge in [-0.05, 0) is 41.0 Å². The van der Waals surface area contributed by atoms with Crippen LogP contribution in [0.3, 0.4) is 0 Å². The first-order valence-electron chi connectivity index (χ1n) is 8.56. The van der Waals surface area contributed by atoms with Crippen molar-refractivity contribution in [3.05, 3.63) is 95.1 Å².